The average Bonchev–Trinajstić information content (AvgIpc) is 2.24. The monoisotopic (exact) mass is 320 g/mol. The summed E-state index contributed by atoms with van der Waals surface area (Å²) in [5.41, 5.74) is 0.509. The van der Waals surface area contributed by atoms with E-state index in [1.54, 1.807) is 26.0 Å². The lowest BCUT2D eigenvalue weighted by molar-refractivity contribution is -0.120. The molecule has 0 heterocycles. The molecule has 0 N–H and O–H groups in total. The number of anilines is 1. The average molecular weight is 321 g/mol. The minimum absolute atomic E-state index is 0.218. The van der Waals surface area contributed by atoms with Gasteiger partial charge in [-0.15, -0.1) is 0 Å². The Labute approximate surface area is 112 Å². The third-order valence-electron chi connectivity index (χ3n) is 2.39. The molecule has 1 aromatic rings. The highest BCUT2D eigenvalue weighted by atomic mass is 79.9. The number of halogens is 4. The second-order valence-corrected chi connectivity index (χ2v) is 4.94. The standard InChI is InChI=1S/C12H12BrF3N2/c1-8(2)18(7-12(14,15)16)11-5-3-4-10(13)9(11)6-17/h3-5,8H,7H2,1-2H3. The third-order valence-corrected chi connectivity index (χ3v) is 3.05. The van der Waals surface area contributed by atoms with E-state index in [0.717, 1.165) is 0 Å². The van der Waals surface area contributed by atoms with E-state index in [1.165, 1.54) is 11.0 Å². The van der Waals surface area contributed by atoms with E-state index in [-0.39, 0.29) is 11.6 Å². The van der Waals surface area contributed by atoms with Crippen molar-refractivity contribution >= 4 is 21.6 Å². The normalized spacial score (nSPS) is 11.4. The second-order valence-electron chi connectivity index (χ2n) is 4.08. The molecule has 0 saturated carbocycles. The van der Waals surface area contributed by atoms with E-state index in [4.69, 9.17) is 5.26 Å². The Morgan fingerprint density at radius 2 is 2.00 bits per heavy atom. The van der Waals surface area contributed by atoms with Gasteiger partial charge in [0.15, 0.2) is 0 Å². The predicted molar refractivity (Wildman–Crippen MR) is 67.4 cm³/mol. The van der Waals surface area contributed by atoms with Crippen molar-refractivity contribution in [2.45, 2.75) is 26.1 Å². The molecule has 0 fully saturated rings. The molecule has 0 aliphatic rings. The topological polar surface area (TPSA) is 27.0 Å². The van der Waals surface area contributed by atoms with Crippen molar-refractivity contribution in [1.29, 1.82) is 5.26 Å². The minimum atomic E-state index is -4.31. The van der Waals surface area contributed by atoms with Crippen molar-refractivity contribution in [2.24, 2.45) is 0 Å². The molecule has 0 radical (unpaired) electrons. The maximum Gasteiger partial charge on any atom is 0.405 e. The first-order chi connectivity index (χ1) is 8.26. The van der Waals surface area contributed by atoms with Crippen LogP contribution in [0.15, 0.2) is 22.7 Å². The highest BCUT2D eigenvalue weighted by molar-refractivity contribution is 9.10. The maximum atomic E-state index is 12.6. The first-order valence-corrected chi connectivity index (χ1v) is 6.07. The van der Waals surface area contributed by atoms with Crippen molar-refractivity contribution in [1.82, 2.24) is 0 Å². The molecule has 0 aliphatic heterocycles. The van der Waals surface area contributed by atoms with Crippen LogP contribution < -0.4 is 4.90 Å². The number of alkyl halides is 3. The van der Waals surface area contributed by atoms with Crippen LogP contribution in [0.4, 0.5) is 18.9 Å². The van der Waals surface area contributed by atoms with Gasteiger partial charge in [-0.2, -0.15) is 18.4 Å². The highest BCUT2D eigenvalue weighted by Gasteiger charge is 2.33. The zero-order valence-corrected chi connectivity index (χ0v) is 11.5. The van der Waals surface area contributed by atoms with Gasteiger partial charge in [-0.25, -0.2) is 0 Å². The van der Waals surface area contributed by atoms with Crippen LogP contribution in [-0.2, 0) is 0 Å². The molecule has 0 saturated heterocycles. The van der Waals surface area contributed by atoms with E-state index < -0.39 is 12.7 Å². The summed E-state index contributed by atoms with van der Waals surface area (Å²) in [5, 5.41) is 9.04. The largest absolute Gasteiger partial charge is 0.405 e. The lowest BCUT2D eigenvalue weighted by Gasteiger charge is -2.30. The Hall–Kier alpha value is -1.22. The second kappa shape index (κ2) is 5.61. The number of nitriles is 1. The van der Waals surface area contributed by atoms with Gasteiger partial charge in [-0.05, 0) is 41.9 Å². The van der Waals surface area contributed by atoms with Gasteiger partial charge < -0.3 is 4.90 Å². The van der Waals surface area contributed by atoms with Crippen molar-refractivity contribution in [3.8, 4) is 6.07 Å². The first-order valence-electron chi connectivity index (χ1n) is 5.28. The fraction of sp³-hybridized carbons (Fsp3) is 0.417. The molecule has 1 rings (SSSR count). The van der Waals surface area contributed by atoms with E-state index in [2.05, 4.69) is 15.9 Å². The summed E-state index contributed by atoms with van der Waals surface area (Å²) in [4.78, 5) is 1.17. The fourth-order valence-electron chi connectivity index (χ4n) is 1.60. The number of benzene rings is 1. The van der Waals surface area contributed by atoms with Gasteiger partial charge in [0.25, 0.3) is 0 Å². The molecule has 98 valence electrons. The maximum absolute atomic E-state index is 12.6. The number of hydrogen-bond acceptors (Lipinski definition) is 2. The summed E-state index contributed by atoms with van der Waals surface area (Å²) in [6.07, 6.45) is -4.31. The lowest BCUT2D eigenvalue weighted by atomic mass is 10.1. The van der Waals surface area contributed by atoms with Crippen LogP contribution in [0.1, 0.15) is 19.4 Å². The molecular formula is C12H12BrF3N2. The van der Waals surface area contributed by atoms with Crippen molar-refractivity contribution in [2.75, 3.05) is 11.4 Å². The van der Waals surface area contributed by atoms with Gasteiger partial charge in [-0.1, -0.05) is 6.07 Å². The van der Waals surface area contributed by atoms with Crippen LogP contribution in [0, 0.1) is 11.3 Å². The number of nitrogens with zero attached hydrogens (tertiary/aromatic N) is 2. The Balaban J connectivity index is 3.23. The van der Waals surface area contributed by atoms with Gasteiger partial charge in [0.2, 0.25) is 0 Å². The van der Waals surface area contributed by atoms with Crippen LogP contribution in [0.25, 0.3) is 0 Å². The summed E-state index contributed by atoms with van der Waals surface area (Å²) >= 11 is 3.17. The van der Waals surface area contributed by atoms with Crippen LogP contribution in [0.5, 0.6) is 0 Å². The van der Waals surface area contributed by atoms with E-state index in [1.807, 2.05) is 6.07 Å². The molecule has 0 atom stereocenters. The Morgan fingerprint density at radius 3 is 2.44 bits per heavy atom. The fourth-order valence-corrected chi connectivity index (χ4v) is 2.05. The van der Waals surface area contributed by atoms with Crippen LogP contribution in [-0.4, -0.2) is 18.8 Å². The van der Waals surface area contributed by atoms with E-state index >= 15 is 0 Å². The Morgan fingerprint density at radius 1 is 1.39 bits per heavy atom. The zero-order valence-electron chi connectivity index (χ0n) is 9.92. The summed E-state index contributed by atoms with van der Waals surface area (Å²) in [5.74, 6) is 0. The van der Waals surface area contributed by atoms with E-state index in [0.29, 0.717) is 10.2 Å². The molecule has 1 aromatic carbocycles. The lowest BCUT2D eigenvalue weighted by Crippen LogP contribution is -2.39. The van der Waals surface area contributed by atoms with Gasteiger partial charge >= 0.3 is 6.18 Å². The molecule has 2 nitrogen and oxygen atoms in total. The predicted octanol–water partition coefficient (Wildman–Crippen LogP) is 4.10. The van der Waals surface area contributed by atoms with Crippen LogP contribution in [0.2, 0.25) is 0 Å². The first kappa shape index (κ1) is 14.8. The molecule has 0 amide bonds. The summed E-state index contributed by atoms with van der Waals surface area (Å²) in [6.45, 7) is 2.25. The molecule has 6 heteroatoms. The number of hydrogen-bond donors (Lipinski definition) is 0. The molecule has 0 aliphatic carbocycles. The molecule has 0 spiro atoms. The van der Waals surface area contributed by atoms with Crippen LogP contribution in [0.3, 0.4) is 0 Å². The van der Waals surface area contributed by atoms with E-state index in [9.17, 15) is 13.2 Å². The Kier molecular flexibility index (Phi) is 4.63. The van der Waals surface area contributed by atoms with Crippen molar-refractivity contribution in [3.05, 3.63) is 28.2 Å². The van der Waals surface area contributed by atoms with Crippen molar-refractivity contribution in [3.63, 3.8) is 0 Å². The summed E-state index contributed by atoms with van der Waals surface area (Å²) in [7, 11) is 0. The molecule has 0 aromatic heterocycles. The highest BCUT2D eigenvalue weighted by Crippen LogP contribution is 2.30. The molecular weight excluding hydrogens is 309 g/mol. The van der Waals surface area contributed by atoms with Gasteiger partial charge in [0, 0.05) is 10.5 Å². The van der Waals surface area contributed by atoms with Crippen molar-refractivity contribution < 1.29 is 13.2 Å². The molecule has 18 heavy (non-hydrogen) atoms. The zero-order chi connectivity index (χ0) is 13.9. The summed E-state index contributed by atoms with van der Waals surface area (Å²) in [6, 6.07) is 6.35. The van der Waals surface area contributed by atoms with Gasteiger partial charge in [-0.3, -0.25) is 0 Å². The van der Waals surface area contributed by atoms with Gasteiger partial charge in [0.05, 0.1) is 11.3 Å². The molecule has 0 unspecified atom stereocenters. The van der Waals surface area contributed by atoms with Crippen LogP contribution >= 0.6 is 15.9 Å². The SMILES string of the molecule is CC(C)N(CC(F)(F)F)c1cccc(Br)c1C#N. The Bertz CT molecular complexity index is 463. The molecule has 0 bridgehead atoms. The van der Waals surface area contributed by atoms with Gasteiger partial charge in [0.1, 0.15) is 12.6 Å². The minimum Gasteiger partial charge on any atom is -0.359 e. The third kappa shape index (κ3) is 3.64. The smallest absolute Gasteiger partial charge is 0.359 e. The quantitative estimate of drug-likeness (QED) is 0.838. The number of rotatable bonds is 3. The summed E-state index contributed by atoms with van der Waals surface area (Å²) < 4.78 is 38.2.